The summed E-state index contributed by atoms with van der Waals surface area (Å²) < 4.78 is 26.6. The lowest BCUT2D eigenvalue weighted by Crippen LogP contribution is -2.12. The lowest BCUT2D eigenvalue weighted by atomic mass is 10.0. The van der Waals surface area contributed by atoms with Crippen LogP contribution in [0.4, 0.5) is 4.39 Å². The van der Waals surface area contributed by atoms with E-state index >= 15 is 0 Å². The molecule has 0 aliphatic carbocycles. The number of carbonyl (C=O) groups is 1. The number of halogens is 1. The Morgan fingerprint density at radius 2 is 1.62 bits per heavy atom. The molecule has 0 radical (unpaired) electrons. The first-order valence-electron chi connectivity index (χ1n) is 10.0. The summed E-state index contributed by atoms with van der Waals surface area (Å²) in [6.07, 6.45) is 3.41. The summed E-state index contributed by atoms with van der Waals surface area (Å²) in [6, 6.07) is 19.1. The zero-order chi connectivity index (χ0) is 22.2. The molecule has 0 aliphatic heterocycles. The molecule has 32 heavy (non-hydrogen) atoms. The molecule has 0 unspecified atom stereocenters. The normalized spacial score (nSPS) is 11.1. The number of fused-ring (bicyclic) bond motifs is 2. The van der Waals surface area contributed by atoms with Gasteiger partial charge in [-0.1, -0.05) is 30.3 Å². The molecule has 6 heteroatoms. The van der Waals surface area contributed by atoms with Gasteiger partial charge in [-0.2, -0.15) is 0 Å². The third-order valence-electron chi connectivity index (χ3n) is 5.58. The Kier molecular flexibility index (Phi) is 4.82. The molecule has 5 rings (SSSR count). The smallest absolute Gasteiger partial charge is 0.264 e. The first kappa shape index (κ1) is 19.8. The Balaban J connectivity index is 1.71. The minimum atomic E-state index is -0.362. The summed E-state index contributed by atoms with van der Waals surface area (Å²) in [7, 11) is 3.16. The molecule has 5 nitrogen and oxygen atoms in total. The molecule has 0 N–H and O–H groups in total. The van der Waals surface area contributed by atoms with Crippen molar-refractivity contribution < 1.29 is 18.7 Å². The Morgan fingerprint density at radius 3 is 2.41 bits per heavy atom. The number of pyridine rings is 1. The fourth-order valence-electron chi connectivity index (χ4n) is 4.03. The van der Waals surface area contributed by atoms with Crippen LogP contribution < -0.4 is 9.47 Å². The monoisotopic (exact) mass is 426 g/mol. The molecule has 5 aromatic rings. The second kappa shape index (κ2) is 7.81. The van der Waals surface area contributed by atoms with E-state index in [1.54, 1.807) is 50.9 Å². The standard InChI is InChI=1S/C26H19FN2O3/c1-31-23-12-9-16(14-24(23)32-2)21-15-29(25-19(21)8-5-13-28-25)26(30)20-10-11-22(27)18-7-4-3-6-17(18)20/h3-15H,1-2H3. The number of rotatable bonds is 4. The van der Waals surface area contributed by atoms with Crippen LogP contribution >= 0.6 is 0 Å². The van der Waals surface area contributed by atoms with Gasteiger partial charge >= 0.3 is 0 Å². The first-order chi connectivity index (χ1) is 15.6. The van der Waals surface area contributed by atoms with E-state index in [2.05, 4.69) is 4.98 Å². The third kappa shape index (κ3) is 3.08. The van der Waals surface area contributed by atoms with Crippen LogP contribution in [0.3, 0.4) is 0 Å². The van der Waals surface area contributed by atoms with Crippen molar-refractivity contribution in [3.05, 3.63) is 90.5 Å². The van der Waals surface area contributed by atoms with E-state index in [9.17, 15) is 9.18 Å². The number of ether oxygens (including phenoxy) is 2. The maximum atomic E-state index is 14.3. The SMILES string of the molecule is COc1ccc(-c2cn(C(=O)c3ccc(F)c4ccccc34)c3ncccc23)cc1OC. The number of benzene rings is 3. The van der Waals surface area contributed by atoms with Crippen LogP contribution in [0.5, 0.6) is 11.5 Å². The summed E-state index contributed by atoms with van der Waals surface area (Å²) in [5, 5.41) is 1.78. The van der Waals surface area contributed by atoms with Crippen LogP contribution in [0, 0.1) is 5.82 Å². The van der Waals surface area contributed by atoms with E-state index in [4.69, 9.17) is 9.47 Å². The van der Waals surface area contributed by atoms with Crippen molar-refractivity contribution in [2.24, 2.45) is 0 Å². The van der Waals surface area contributed by atoms with Crippen LogP contribution in [0.15, 0.2) is 79.1 Å². The number of nitrogens with zero attached hydrogens (tertiary/aromatic N) is 2. The van der Waals surface area contributed by atoms with Crippen LogP contribution in [0.25, 0.3) is 32.9 Å². The Morgan fingerprint density at radius 1 is 0.875 bits per heavy atom. The zero-order valence-corrected chi connectivity index (χ0v) is 17.5. The third-order valence-corrected chi connectivity index (χ3v) is 5.58. The molecule has 0 bridgehead atoms. The van der Waals surface area contributed by atoms with Crippen molar-refractivity contribution >= 4 is 27.7 Å². The van der Waals surface area contributed by atoms with Crippen molar-refractivity contribution in [3.63, 3.8) is 0 Å². The molecule has 0 amide bonds. The van der Waals surface area contributed by atoms with Gasteiger partial charge in [0, 0.05) is 34.3 Å². The summed E-state index contributed by atoms with van der Waals surface area (Å²) in [6.45, 7) is 0. The van der Waals surface area contributed by atoms with E-state index in [0.717, 1.165) is 16.5 Å². The summed E-state index contributed by atoms with van der Waals surface area (Å²) >= 11 is 0. The molecule has 0 fully saturated rings. The van der Waals surface area contributed by atoms with Gasteiger partial charge in [-0.3, -0.25) is 9.36 Å². The van der Waals surface area contributed by atoms with Crippen molar-refractivity contribution in [2.75, 3.05) is 14.2 Å². The predicted molar refractivity (Wildman–Crippen MR) is 122 cm³/mol. The fourth-order valence-corrected chi connectivity index (χ4v) is 4.03. The number of aromatic nitrogens is 2. The Labute approximate surface area is 183 Å². The van der Waals surface area contributed by atoms with Crippen molar-refractivity contribution in [1.29, 1.82) is 0 Å². The van der Waals surface area contributed by atoms with Gasteiger partial charge in [-0.05, 0) is 47.3 Å². The minimum Gasteiger partial charge on any atom is -0.493 e. The van der Waals surface area contributed by atoms with E-state index < -0.39 is 0 Å². The van der Waals surface area contributed by atoms with Gasteiger partial charge in [0.25, 0.3) is 5.91 Å². The van der Waals surface area contributed by atoms with Crippen LogP contribution in [-0.2, 0) is 0 Å². The highest BCUT2D eigenvalue weighted by Gasteiger charge is 2.20. The molecule has 0 saturated carbocycles. The molecule has 2 heterocycles. The van der Waals surface area contributed by atoms with Gasteiger partial charge in [0.1, 0.15) is 11.5 Å². The molecule has 2 aromatic heterocycles. The van der Waals surface area contributed by atoms with Crippen molar-refractivity contribution in [3.8, 4) is 22.6 Å². The van der Waals surface area contributed by atoms with E-state index in [-0.39, 0.29) is 11.7 Å². The predicted octanol–water partition coefficient (Wildman–Crippen LogP) is 5.70. The maximum absolute atomic E-state index is 14.3. The van der Waals surface area contributed by atoms with E-state index in [1.165, 1.54) is 16.7 Å². The number of methoxy groups -OCH3 is 2. The first-order valence-corrected chi connectivity index (χ1v) is 10.0. The van der Waals surface area contributed by atoms with Crippen LogP contribution in [0.1, 0.15) is 10.4 Å². The lowest BCUT2D eigenvalue weighted by Gasteiger charge is -2.09. The Bertz CT molecular complexity index is 1490. The van der Waals surface area contributed by atoms with E-state index in [1.807, 2.05) is 30.3 Å². The highest BCUT2D eigenvalue weighted by atomic mass is 19.1. The molecule has 3 aromatic carbocycles. The van der Waals surface area contributed by atoms with Gasteiger partial charge in [0.2, 0.25) is 0 Å². The average molecular weight is 426 g/mol. The molecule has 0 saturated heterocycles. The van der Waals surface area contributed by atoms with Crippen molar-refractivity contribution in [1.82, 2.24) is 9.55 Å². The van der Waals surface area contributed by atoms with Gasteiger partial charge in [0.15, 0.2) is 11.5 Å². The maximum Gasteiger partial charge on any atom is 0.264 e. The molecular formula is C26H19FN2O3. The summed E-state index contributed by atoms with van der Waals surface area (Å²) in [5.41, 5.74) is 2.61. The highest BCUT2D eigenvalue weighted by molar-refractivity contribution is 6.12. The van der Waals surface area contributed by atoms with Crippen LogP contribution in [-0.4, -0.2) is 29.7 Å². The molecule has 0 spiro atoms. The lowest BCUT2D eigenvalue weighted by molar-refractivity contribution is 0.0966. The molecule has 0 aliphatic rings. The second-order valence-electron chi connectivity index (χ2n) is 7.30. The molecule has 0 atom stereocenters. The quantitative estimate of drug-likeness (QED) is 0.370. The largest absolute Gasteiger partial charge is 0.493 e. The topological polar surface area (TPSA) is 53.4 Å². The molecule has 158 valence electrons. The highest BCUT2D eigenvalue weighted by Crippen LogP contribution is 2.36. The van der Waals surface area contributed by atoms with Crippen molar-refractivity contribution in [2.45, 2.75) is 0 Å². The van der Waals surface area contributed by atoms with Gasteiger partial charge < -0.3 is 9.47 Å². The number of carbonyl (C=O) groups excluding carboxylic acids is 1. The number of hydrogen-bond acceptors (Lipinski definition) is 4. The van der Waals surface area contributed by atoms with E-state index in [0.29, 0.717) is 33.5 Å². The van der Waals surface area contributed by atoms with Gasteiger partial charge in [-0.15, -0.1) is 0 Å². The second-order valence-corrected chi connectivity index (χ2v) is 7.30. The zero-order valence-electron chi connectivity index (χ0n) is 17.5. The summed E-state index contributed by atoms with van der Waals surface area (Å²) in [4.78, 5) is 18.1. The Hall–Kier alpha value is -4.19. The van der Waals surface area contributed by atoms with Crippen LogP contribution in [0.2, 0.25) is 0 Å². The van der Waals surface area contributed by atoms with Gasteiger partial charge in [-0.25, -0.2) is 9.37 Å². The summed E-state index contributed by atoms with van der Waals surface area (Å²) in [5.74, 6) is 0.563. The average Bonchev–Trinajstić information content (AvgIpc) is 3.23. The number of hydrogen-bond donors (Lipinski definition) is 0. The fraction of sp³-hybridized carbons (Fsp3) is 0.0769. The molecular weight excluding hydrogens is 407 g/mol. The minimum absolute atomic E-state index is 0.281. The van der Waals surface area contributed by atoms with Gasteiger partial charge in [0.05, 0.1) is 14.2 Å².